The average molecular weight is 447 g/mol. The zero-order chi connectivity index (χ0) is 15.8. The summed E-state index contributed by atoms with van der Waals surface area (Å²) in [5.74, 6) is 0.550. The third kappa shape index (κ3) is 7.47. The molecule has 1 unspecified atom stereocenters. The second-order valence-corrected chi connectivity index (χ2v) is 5.83. The van der Waals surface area contributed by atoms with Crippen molar-refractivity contribution in [2.45, 2.75) is 50.7 Å². The molecule has 2 saturated heterocycles. The normalized spacial score (nSPS) is 23.7. The zero-order valence-corrected chi connectivity index (χ0v) is 16.0. The molecule has 2 rings (SSSR count). The number of aliphatic imine (C=N–C) groups is 1. The van der Waals surface area contributed by atoms with E-state index in [0.29, 0.717) is 12.6 Å². The number of piperidine rings is 1. The molecule has 2 fully saturated rings. The zero-order valence-electron chi connectivity index (χ0n) is 13.7. The van der Waals surface area contributed by atoms with E-state index in [1.54, 1.807) is 7.05 Å². The number of hydrogen-bond acceptors (Lipinski definition) is 3. The maximum Gasteiger partial charge on any atom is 0.255 e. The van der Waals surface area contributed by atoms with E-state index in [9.17, 15) is 8.78 Å². The van der Waals surface area contributed by atoms with Gasteiger partial charge in [-0.15, -0.1) is 24.0 Å². The Balaban J connectivity index is 0.00000264. The van der Waals surface area contributed by atoms with Crippen LogP contribution in [0.2, 0.25) is 0 Å². The fourth-order valence-corrected chi connectivity index (χ4v) is 2.92. The number of ether oxygens (including phenoxy) is 2. The van der Waals surface area contributed by atoms with Crippen LogP contribution < -0.4 is 5.32 Å². The lowest BCUT2D eigenvalue weighted by molar-refractivity contribution is -0.0721. The van der Waals surface area contributed by atoms with Gasteiger partial charge in [0.05, 0.1) is 25.4 Å². The Bertz CT molecular complexity index is 348. The van der Waals surface area contributed by atoms with E-state index in [1.165, 1.54) is 6.42 Å². The molecule has 0 aromatic rings. The summed E-state index contributed by atoms with van der Waals surface area (Å²) < 4.78 is 36.2. The van der Waals surface area contributed by atoms with Crippen LogP contribution in [0, 0.1) is 0 Å². The summed E-state index contributed by atoms with van der Waals surface area (Å²) in [5.41, 5.74) is 0. The standard InChI is InChI=1S/C15H27F2N3O2.HI/c1-18-15(19-10-14(16)17)20-7-5-12(6-8-20)22-11-13-4-2-3-9-21-13;/h12-14H,2-11H2,1H3,(H,18,19);1H. The maximum absolute atomic E-state index is 12.3. The number of alkyl halides is 2. The van der Waals surface area contributed by atoms with Gasteiger partial charge in [0, 0.05) is 26.7 Å². The van der Waals surface area contributed by atoms with Gasteiger partial charge in [0.1, 0.15) is 0 Å². The van der Waals surface area contributed by atoms with Gasteiger partial charge in [0.15, 0.2) is 5.96 Å². The van der Waals surface area contributed by atoms with Gasteiger partial charge >= 0.3 is 0 Å². The number of nitrogens with zero attached hydrogens (tertiary/aromatic N) is 2. The molecule has 0 amide bonds. The molecular weight excluding hydrogens is 419 g/mol. The molecule has 2 aliphatic heterocycles. The Morgan fingerprint density at radius 3 is 2.61 bits per heavy atom. The van der Waals surface area contributed by atoms with Gasteiger partial charge in [-0.05, 0) is 32.1 Å². The molecule has 5 nitrogen and oxygen atoms in total. The summed E-state index contributed by atoms with van der Waals surface area (Å²) in [6.45, 7) is 2.71. The predicted molar refractivity (Wildman–Crippen MR) is 96.9 cm³/mol. The number of likely N-dealkylation sites (tertiary alicyclic amines) is 1. The highest BCUT2D eigenvalue weighted by Gasteiger charge is 2.24. The summed E-state index contributed by atoms with van der Waals surface area (Å²) in [6.07, 6.45) is 3.35. The first kappa shape index (κ1) is 20.8. The van der Waals surface area contributed by atoms with Crippen LogP contribution in [-0.2, 0) is 9.47 Å². The highest BCUT2D eigenvalue weighted by Crippen LogP contribution is 2.17. The molecule has 0 bridgehead atoms. The number of nitrogens with one attached hydrogen (secondary N) is 1. The van der Waals surface area contributed by atoms with E-state index < -0.39 is 6.43 Å². The third-order valence-electron chi connectivity index (χ3n) is 4.16. The number of guanidine groups is 1. The van der Waals surface area contributed by atoms with E-state index in [4.69, 9.17) is 9.47 Å². The lowest BCUT2D eigenvalue weighted by Crippen LogP contribution is -2.48. The molecule has 0 aliphatic carbocycles. The molecule has 8 heteroatoms. The minimum atomic E-state index is -2.37. The Hall–Kier alpha value is -0.220. The van der Waals surface area contributed by atoms with Crippen LogP contribution >= 0.6 is 24.0 Å². The third-order valence-corrected chi connectivity index (χ3v) is 4.16. The van der Waals surface area contributed by atoms with Crippen molar-refractivity contribution in [3.63, 3.8) is 0 Å². The molecule has 0 aromatic heterocycles. The summed E-state index contributed by atoms with van der Waals surface area (Å²) in [4.78, 5) is 6.08. The Morgan fingerprint density at radius 1 is 1.30 bits per heavy atom. The SMILES string of the molecule is CN=C(NCC(F)F)N1CCC(OCC2CCCCO2)CC1.I. The van der Waals surface area contributed by atoms with Crippen LogP contribution in [0.3, 0.4) is 0 Å². The van der Waals surface area contributed by atoms with Crippen molar-refractivity contribution < 1.29 is 18.3 Å². The molecule has 1 atom stereocenters. The van der Waals surface area contributed by atoms with Crippen LogP contribution in [0.5, 0.6) is 0 Å². The summed E-state index contributed by atoms with van der Waals surface area (Å²) in [6, 6.07) is 0. The van der Waals surface area contributed by atoms with Crippen molar-refractivity contribution in [3.8, 4) is 0 Å². The van der Waals surface area contributed by atoms with Gasteiger partial charge < -0.3 is 19.7 Å². The first-order valence-electron chi connectivity index (χ1n) is 8.16. The predicted octanol–water partition coefficient (Wildman–Crippen LogP) is 2.50. The van der Waals surface area contributed by atoms with E-state index in [1.807, 2.05) is 4.90 Å². The Kier molecular flexibility index (Phi) is 10.3. The van der Waals surface area contributed by atoms with E-state index in [0.717, 1.165) is 45.4 Å². The lowest BCUT2D eigenvalue weighted by atomic mass is 10.1. The van der Waals surface area contributed by atoms with Crippen LogP contribution in [-0.4, -0.2) is 69.4 Å². The van der Waals surface area contributed by atoms with Crippen molar-refractivity contribution in [2.24, 2.45) is 4.99 Å². The van der Waals surface area contributed by atoms with Crippen molar-refractivity contribution in [1.82, 2.24) is 10.2 Å². The van der Waals surface area contributed by atoms with E-state index in [2.05, 4.69) is 10.3 Å². The fourth-order valence-electron chi connectivity index (χ4n) is 2.92. The largest absolute Gasteiger partial charge is 0.376 e. The molecule has 0 spiro atoms. The summed E-state index contributed by atoms with van der Waals surface area (Å²) >= 11 is 0. The van der Waals surface area contributed by atoms with Crippen molar-refractivity contribution in [2.75, 3.05) is 39.9 Å². The van der Waals surface area contributed by atoms with Gasteiger partial charge in [0.25, 0.3) is 6.43 Å². The van der Waals surface area contributed by atoms with Gasteiger partial charge in [-0.1, -0.05) is 0 Å². The van der Waals surface area contributed by atoms with Crippen LogP contribution in [0.4, 0.5) is 8.78 Å². The van der Waals surface area contributed by atoms with Gasteiger partial charge in [-0.2, -0.15) is 0 Å². The average Bonchev–Trinajstić information content (AvgIpc) is 2.55. The van der Waals surface area contributed by atoms with Crippen molar-refractivity contribution in [3.05, 3.63) is 0 Å². The van der Waals surface area contributed by atoms with Gasteiger partial charge in [-0.3, -0.25) is 4.99 Å². The topological polar surface area (TPSA) is 46.1 Å². The Morgan fingerprint density at radius 2 is 2.04 bits per heavy atom. The minimum absolute atomic E-state index is 0. The molecule has 1 N–H and O–H groups in total. The monoisotopic (exact) mass is 447 g/mol. The number of halogens is 3. The second kappa shape index (κ2) is 11.4. The first-order valence-corrected chi connectivity index (χ1v) is 8.16. The van der Waals surface area contributed by atoms with Crippen molar-refractivity contribution >= 4 is 29.9 Å². The van der Waals surface area contributed by atoms with Crippen LogP contribution in [0.25, 0.3) is 0 Å². The first-order chi connectivity index (χ1) is 10.7. The van der Waals surface area contributed by atoms with Crippen molar-refractivity contribution in [1.29, 1.82) is 0 Å². The minimum Gasteiger partial charge on any atom is -0.376 e. The van der Waals surface area contributed by atoms with Gasteiger partial charge in [-0.25, -0.2) is 8.78 Å². The Labute approximate surface area is 154 Å². The molecule has 136 valence electrons. The summed E-state index contributed by atoms with van der Waals surface area (Å²) in [5, 5.41) is 2.70. The molecule has 23 heavy (non-hydrogen) atoms. The highest BCUT2D eigenvalue weighted by atomic mass is 127. The molecule has 0 radical (unpaired) electrons. The smallest absolute Gasteiger partial charge is 0.255 e. The maximum atomic E-state index is 12.3. The molecule has 0 saturated carbocycles. The van der Waals surface area contributed by atoms with Crippen LogP contribution in [0.1, 0.15) is 32.1 Å². The second-order valence-electron chi connectivity index (χ2n) is 5.83. The summed E-state index contributed by atoms with van der Waals surface area (Å²) in [7, 11) is 1.62. The quantitative estimate of drug-likeness (QED) is 0.400. The molecular formula is C15H28F2IN3O2. The molecule has 0 aromatic carbocycles. The van der Waals surface area contributed by atoms with E-state index in [-0.39, 0.29) is 42.7 Å². The van der Waals surface area contributed by atoms with Gasteiger partial charge in [0.2, 0.25) is 0 Å². The number of hydrogen-bond donors (Lipinski definition) is 1. The molecule has 2 heterocycles. The highest BCUT2D eigenvalue weighted by molar-refractivity contribution is 14.0. The van der Waals surface area contributed by atoms with Crippen LogP contribution in [0.15, 0.2) is 4.99 Å². The van der Waals surface area contributed by atoms with E-state index >= 15 is 0 Å². The molecule has 2 aliphatic rings. The number of rotatable bonds is 5. The lowest BCUT2D eigenvalue weighted by Gasteiger charge is -2.35. The fraction of sp³-hybridized carbons (Fsp3) is 0.933.